The fourth-order valence-corrected chi connectivity index (χ4v) is 3.80. The highest BCUT2D eigenvalue weighted by molar-refractivity contribution is 8.00. The molecule has 1 aliphatic rings. The summed E-state index contributed by atoms with van der Waals surface area (Å²) in [5.41, 5.74) is 0.630. The molecule has 1 aliphatic heterocycles. The number of nitrogens with one attached hydrogen (secondary N) is 2. The van der Waals surface area contributed by atoms with Crippen LogP contribution in [0.3, 0.4) is 0 Å². The molecule has 0 bridgehead atoms. The molecule has 138 valence electrons. The summed E-state index contributed by atoms with van der Waals surface area (Å²) in [7, 11) is 1.70. The summed E-state index contributed by atoms with van der Waals surface area (Å²) in [6, 6.07) is 6.80. The van der Waals surface area contributed by atoms with Crippen molar-refractivity contribution in [3.63, 3.8) is 0 Å². The Balaban J connectivity index is 1.71. The molecule has 1 aromatic rings. The quantitative estimate of drug-likeness (QED) is 0.640. The van der Waals surface area contributed by atoms with E-state index >= 15 is 0 Å². The summed E-state index contributed by atoms with van der Waals surface area (Å²) in [4.78, 5) is 24.1. The highest BCUT2D eigenvalue weighted by Gasteiger charge is 2.32. The number of halogens is 1. The molecule has 1 aromatic carbocycles. The van der Waals surface area contributed by atoms with E-state index in [0.29, 0.717) is 23.7 Å². The van der Waals surface area contributed by atoms with Gasteiger partial charge >= 0.3 is 0 Å². The number of benzene rings is 1. The lowest BCUT2D eigenvalue weighted by molar-refractivity contribution is -0.119. The van der Waals surface area contributed by atoms with E-state index < -0.39 is 0 Å². The Morgan fingerprint density at radius 1 is 1.24 bits per heavy atom. The number of methoxy groups -OCH3 is 1. The number of hydrogen-bond acceptors (Lipinski definition) is 5. The molecule has 0 spiro atoms. The van der Waals surface area contributed by atoms with Gasteiger partial charge in [-0.25, -0.2) is 0 Å². The molecule has 1 heterocycles. The van der Waals surface area contributed by atoms with Crippen LogP contribution in [-0.2, 0) is 9.53 Å². The van der Waals surface area contributed by atoms with Crippen LogP contribution in [0.15, 0.2) is 24.3 Å². The molecule has 25 heavy (non-hydrogen) atoms. The lowest BCUT2D eigenvalue weighted by Gasteiger charge is -2.37. The van der Waals surface area contributed by atoms with Crippen LogP contribution >= 0.6 is 23.4 Å². The van der Waals surface area contributed by atoms with Crippen molar-refractivity contribution in [2.24, 2.45) is 5.41 Å². The van der Waals surface area contributed by atoms with Gasteiger partial charge in [-0.2, -0.15) is 0 Å². The summed E-state index contributed by atoms with van der Waals surface area (Å²) in [6.45, 7) is 3.16. The smallest absolute Gasteiger partial charge is 0.230 e. The van der Waals surface area contributed by atoms with Crippen LogP contribution in [0.5, 0.6) is 0 Å². The van der Waals surface area contributed by atoms with Gasteiger partial charge in [-0.3, -0.25) is 9.59 Å². The number of piperidine rings is 1. The number of amides is 1. The Hall–Kier alpha value is -1.08. The second-order valence-electron chi connectivity index (χ2n) is 6.38. The van der Waals surface area contributed by atoms with Gasteiger partial charge in [0.2, 0.25) is 5.91 Å². The number of rotatable bonds is 9. The summed E-state index contributed by atoms with van der Waals surface area (Å²) < 4.78 is 5.35. The average Bonchev–Trinajstić information content (AvgIpc) is 2.62. The van der Waals surface area contributed by atoms with Crippen LogP contribution in [0.25, 0.3) is 0 Å². The first-order valence-electron chi connectivity index (χ1n) is 8.37. The molecule has 0 aromatic heterocycles. The average molecular weight is 385 g/mol. The van der Waals surface area contributed by atoms with Crippen LogP contribution < -0.4 is 10.6 Å². The van der Waals surface area contributed by atoms with Gasteiger partial charge < -0.3 is 15.4 Å². The molecule has 0 saturated carbocycles. The molecule has 2 rings (SSSR count). The minimum atomic E-state index is -0.0390. The Kier molecular flexibility index (Phi) is 8.22. The normalized spacial score (nSPS) is 16.4. The maximum absolute atomic E-state index is 12.1. The Morgan fingerprint density at radius 3 is 2.56 bits per heavy atom. The van der Waals surface area contributed by atoms with Gasteiger partial charge in [-0.05, 0) is 50.2 Å². The predicted molar refractivity (Wildman–Crippen MR) is 103 cm³/mol. The number of hydrogen-bond donors (Lipinski definition) is 2. The van der Waals surface area contributed by atoms with E-state index in [0.717, 1.165) is 25.9 Å². The van der Waals surface area contributed by atoms with Crippen molar-refractivity contribution in [2.45, 2.75) is 12.8 Å². The highest BCUT2D eigenvalue weighted by Crippen LogP contribution is 2.28. The van der Waals surface area contributed by atoms with Gasteiger partial charge in [-0.15, -0.1) is 11.8 Å². The Bertz CT molecular complexity index is 569. The summed E-state index contributed by atoms with van der Waals surface area (Å²) in [6.07, 6.45) is 1.98. The fraction of sp³-hybridized carbons (Fsp3) is 0.556. The number of Topliss-reactive ketones (excluding diaryl/α,β-unsaturated/α-hetero) is 1. The second-order valence-corrected chi connectivity index (χ2v) is 7.80. The number of ketones is 1. The third-order valence-corrected chi connectivity index (χ3v) is 5.59. The van der Waals surface area contributed by atoms with Crippen LogP contribution in [-0.4, -0.2) is 56.5 Å². The van der Waals surface area contributed by atoms with E-state index in [1.807, 2.05) is 0 Å². The van der Waals surface area contributed by atoms with Gasteiger partial charge in [-0.1, -0.05) is 11.6 Å². The summed E-state index contributed by atoms with van der Waals surface area (Å²) in [5.74, 6) is 0.523. The van der Waals surface area contributed by atoms with Crippen molar-refractivity contribution in [1.29, 1.82) is 0 Å². The SMILES string of the molecule is COCC1(CNC(=O)CSCC(=O)c2ccc(Cl)cc2)CCNCC1. The molecule has 1 saturated heterocycles. The number of carbonyl (C=O) groups excluding carboxylic acids is 2. The van der Waals surface area contributed by atoms with E-state index in [-0.39, 0.29) is 28.6 Å². The zero-order valence-electron chi connectivity index (χ0n) is 14.5. The van der Waals surface area contributed by atoms with Crippen molar-refractivity contribution in [1.82, 2.24) is 10.6 Å². The molecule has 0 atom stereocenters. The molecular weight excluding hydrogens is 360 g/mol. The molecule has 0 aliphatic carbocycles. The van der Waals surface area contributed by atoms with Crippen LogP contribution in [0.2, 0.25) is 5.02 Å². The minimum Gasteiger partial charge on any atom is -0.384 e. The van der Waals surface area contributed by atoms with E-state index in [4.69, 9.17) is 16.3 Å². The van der Waals surface area contributed by atoms with E-state index in [1.165, 1.54) is 11.8 Å². The standard InChI is InChI=1S/C18H25ClN2O3S/c1-24-13-18(6-8-20-9-7-18)12-21-17(23)11-25-10-16(22)14-2-4-15(19)5-3-14/h2-5,20H,6-13H2,1H3,(H,21,23). The third-order valence-electron chi connectivity index (χ3n) is 4.41. The van der Waals surface area contributed by atoms with Gasteiger partial charge in [0.25, 0.3) is 0 Å². The van der Waals surface area contributed by atoms with Crippen molar-refractivity contribution >= 4 is 35.1 Å². The number of carbonyl (C=O) groups is 2. The van der Waals surface area contributed by atoms with Crippen molar-refractivity contribution in [3.8, 4) is 0 Å². The lowest BCUT2D eigenvalue weighted by atomic mass is 9.79. The molecule has 0 radical (unpaired) electrons. The van der Waals surface area contributed by atoms with Crippen molar-refractivity contribution in [2.75, 3.05) is 44.9 Å². The van der Waals surface area contributed by atoms with Gasteiger partial charge in [0.15, 0.2) is 5.78 Å². The zero-order chi connectivity index (χ0) is 18.1. The maximum atomic E-state index is 12.1. The minimum absolute atomic E-state index is 0.00340. The van der Waals surface area contributed by atoms with Gasteiger partial charge in [0.05, 0.1) is 18.1 Å². The number of ether oxygens (including phenoxy) is 1. The molecule has 1 amide bonds. The van der Waals surface area contributed by atoms with Crippen molar-refractivity contribution in [3.05, 3.63) is 34.9 Å². The monoisotopic (exact) mass is 384 g/mol. The highest BCUT2D eigenvalue weighted by atomic mass is 35.5. The Labute approximate surface area is 158 Å². The first-order chi connectivity index (χ1) is 12.0. The zero-order valence-corrected chi connectivity index (χ0v) is 16.0. The van der Waals surface area contributed by atoms with Gasteiger partial charge in [0, 0.05) is 29.7 Å². The van der Waals surface area contributed by atoms with E-state index in [9.17, 15) is 9.59 Å². The lowest BCUT2D eigenvalue weighted by Crippen LogP contribution is -2.47. The first-order valence-corrected chi connectivity index (χ1v) is 9.91. The molecule has 7 heteroatoms. The molecule has 2 N–H and O–H groups in total. The van der Waals surface area contributed by atoms with Gasteiger partial charge in [0.1, 0.15) is 0 Å². The number of thioether (sulfide) groups is 1. The summed E-state index contributed by atoms with van der Waals surface area (Å²) >= 11 is 7.14. The molecule has 1 fully saturated rings. The molecule has 5 nitrogen and oxygen atoms in total. The largest absolute Gasteiger partial charge is 0.384 e. The van der Waals surface area contributed by atoms with Crippen molar-refractivity contribution < 1.29 is 14.3 Å². The molecule has 0 unspecified atom stereocenters. The summed E-state index contributed by atoms with van der Waals surface area (Å²) in [5, 5.41) is 6.94. The van der Waals surface area contributed by atoms with Crippen LogP contribution in [0.1, 0.15) is 23.2 Å². The fourth-order valence-electron chi connectivity index (χ4n) is 2.93. The van der Waals surface area contributed by atoms with Crippen LogP contribution in [0.4, 0.5) is 0 Å². The second kappa shape index (κ2) is 10.2. The van der Waals surface area contributed by atoms with E-state index in [2.05, 4.69) is 10.6 Å². The van der Waals surface area contributed by atoms with E-state index in [1.54, 1.807) is 31.4 Å². The van der Waals surface area contributed by atoms with Crippen LogP contribution in [0, 0.1) is 5.41 Å². The maximum Gasteiger partial charge on any atom is 0.230 e. The topological polar surface area (TPSA) is 67.4 Å². The third kappa shape index (κ3) is 6.62. The first kappa shape index (κ1) is 20.2. The predicted octanol–water partition coefficient (Wildman–Crippen LogP) is 2.39. The Morgan fingerprint density at radius 2 is 1.92 bits per heavy atom. The molecular formula is C18H25ClN2O3S.